The molecular formula is C28H26N4O4. The van der Waals surface area contributed by atoms with Gasteiger partial charge in [0.25, 0.3) is 5.56 Å². The molecule has 3 aromatic carbocycles. The van der Waals surface area contributed by atoms with E-state index in [1.165, 1.54) is 12.3 Å². The Morgan fingerprint density at radius 2 is 1.67 bits per heavy atom. The van der Waals surface area contributed by atoms with Gasteiger partial charge in [-0.3, -0.25) is 14.8 Å². The van der Waals surface area contributed by atoms with Crippen molar-refractivity contribution in [2.75, 3.05) is 38.1 Å². The molecule has 5 rings (SSSR count). The Labute approximate surface area is 207 Å². The predicted octanol–water partition coefficient (Wildman–Crippen LogP) is 4.10. The Morgan fingerprint density at radius 1 is 0.944 bits per heavy atom. The average Bonchev–Trinajstić information content (AvgIpc) is 2.89. The quantitative estimate of drug-likeness (QED) is 0.370. The van der Waals surface area contributed by atoms with Crippen LogP contribution in [0.5, 0.6) is 5.88 Å². The van der Waals surface area contributed by atoms with Crippen molar-refractivity contribution >= 4 is 34.3 Å². The van der Waals surface area contributed by atoms with Gasteiger partial charge in [0.2, 0.25) is 5.88 Å². The van der Waals surface area contributed by atoms with E-state index in [-0.39, 0.29) is 11.4 Å². The third kappa shape index (κ3) is 4.71. The second-order valence-corrected chi connectivity index (χ2v) is 8.93. The Bertz CT molecular complexity index is 1520. The van der Waals surface area contributed by atoms with Crippen LogP contribution in [0.25, 0.3) is 21.9 Å². The minimum atomic E-state index is -1.02. The molecule has 1 aliphatic rings. The average molecular weight is 483 g/mol. The van der Waals surface area contributed by atoms with Gasteiger partial charge < -0.3 is 20.0 Å². The Balaban J connectivity index is 1.48. The molecule has 182 valence electrons. The van der Waals surface area contributed by atoms with Crippen molar-refractivity contribution in [1.82, 2.24) is 9.88 Å². The topological polar surface area (TPSA) is 109 Å². The number of benzene rings is 3. The van der Waals surface area contributed by atoms with Crippen molar-refractivity contribution in [3.05, 3.63) is 88.2 Å². The molecule has 1 fully saturated rings. The van der Waals surface area contributed by atoms with Gasteiger partial charge in [-0.1, -0.05) is 18.2 Å². The van der Waals surface area contributed by atoms with E-state index in [1.807, 2.05) is 24.3 Å². The highest BCUT2D eigenvalue weighted by Gasteiger charge is 2.15. The van der Waals surface area contributed by atoms with E-state index in [9.17, 15) is 19.8 Å². The van der Waals surface area contributed by atoms with Crippen LogP contribution in [0, 0.1) is 0 Å². The summed E-state index contributed by atoms with van der Waals surface area (Å²) in [6.07, 6.45) is 1.54. The number of carboxylic acid groups (broad SMARTS) is 1. The zero-order chi connectivity index (χ0) is 25.2. The Morgan fingerprint density at radius 3 is 2.39 bits per heavy atom. The second kappa shape index (κ2) is 9.67. The summed E-state index contributed by atoms with van der Waals surface area (Å²) in [6.45, 7) is 4.02. The van der Waals surface area contributed by atoms with E-state index >= 15 is 0 Å². The largest absolute Gasteiger partial charge is 0.494 e. The van der Waals surface area contributed by atoms with Crippen LogP contribution in [-0.4, -0.2) is 65.5 Å². The fourth-order valence-electron chi connectivity index (χ4n) is 4.43. The van der Waals surface area contributed by atoms with Gasteiger partial charge in [0.15, 0.2) is 0 Å². The number of pyridine rings is 1. The number of aromatic hydroxyl groups is 1. The zero-order valence-electron chi connectivity index (χ0n) is 19.8. The zero-order valence-corrected chi connectivity index (χ0v) is 19.8. The number of carbonyl (C=O) groups is 1. The molecule has 0 unspecified atom stereocenters. The lowest BCUT2D eigenvalue weighted by atomic mass is 9.98. The molecule has 0 aliphatic carbocycles. The van der Waals surface area contributed by atoms with Gasteiger partial charge >= 0.3 is 5.97 Å². The van der Waals surface area contributed by atoms with Crippen LogP contribution in [0.15, 0.2) is 76.5 Å². The van der Waals surface area contributed by atoms with Crippen LogP contribution in [0.3, 0.4) is 0 Å². The SMILES string of the molecule is CN1CCN(c2ccc(N=Cc3c(O)[nH]c(=O)c4ccc(-c5cccc(C(=O)O)c5)cc34)cc2)CC1. The predicted molar refractivity (Wildman–Crippen MR) is 142 cm³/mol. The summed E-state index contributed by atoms with van der Waals surface area (Å²) in [4.78, 5) is 35.5. The first kappa shape index (κ1) is 23.3. The van der Waals surface area contributed by atoms with E-state index in [2.05, 4.69) is 26.8 Å². The molecule has 36 heavy (non-hydrogen) atoms. The van der Waals surface area contributed by atoms with Crippen molar-refractivity contribution in [1.29, 1.82) is 0 Å². The van der Waals surface area contributed by atoms with Crippen molar-refractivity contribution < 1.29 is 15.0 Å². The number of hydrogen-bond donors (Lipinski definition) is 3. The first-order valence-electron chi connectivity index (χ1n) is 11.7. The summed E-state index contributed by atoms with van der Waals surface area (Å²) in [6, 6.07) is 19.7. The van der Waals surface area contributed by atoms with Crippen LogP contribution < -0.4 is 10.5 Å². The van der Waals surface area contributed by atoms with Gasteiger partial charge in [0.1, 0.15) is 0 Å². The number of aliphatic imine (C=N–C) groups is 1. The van der Waals surface area contributed by atoms with Gasteiger partial charge in [-0.2, -0.15) is 0 Å². The third-order valence-electron chi connectivity index (χ3n) is 6.55. The number of nitrogens with one attached hydrogen (secondary N) is 1. The molecule has 4 aromatic rings. The van der Waals surface area contributed by atoms with Crippen molar-refractivity contribution in [3.8, 4) is 17.0 Å². The maximum atomic E-state index is 12.5. The number of likely N-dealkylation sites (N-methyl/N-ethyl adjacent to an activating group) is 1. The standard InChI is InChI=1S/C28H26N4O4/c1-31-11-13-32(14-12-31)22-8-6-21(7-9-22)29-17-25-24-16-19(5-10-23(24)26(33)30-27(25)34)18-3-2-4-20(15-18)28(35)36/h2-10,15-17H,11-14H2,1H3,(H,35,36)(H2,30,33,34). The summed E-state index contributed by atoms with van der Waals surface area (Å²) >= 11 is 0. The fourth-order valence-corrected chi connectivity index (χ4v) is 4.43. The molecule has 0 bridgehead atoms. The van der Waals surface area contributed by atoms with E-state index < -0.39 is 11.5 Å². The lowest BCUT2D eigenvalue weighted by molar-refractivity contribution is 0.0697. The van der Waals surface area contributed by atoms with Crippen LogP contribution >= 0.6 is 0 Å². The van der Waals surface area contributed by atoms with Crippen LogP contribution in [0.1, 0.15) is 15.9 Å². The van der Waals surface area contributed by atoms with Gasteiger partial charge in [0, 0.05) is 48.9 Å². The number of nitrogens with zero attached hydrogens (tertiary/aromatic N) is 3. The molecule has 0 atom stereocenters. The highest BCUT2D eigenvalue weighted by Crippen LogP contribution is 2.29. The normalized spacial score (nSPS) is 14.5. The van der Waals surface area contributed by atoms with Crippen molar-refractivity contribution in [2.45, 2.75) is 0 Å². The summed E-state index contributed by atoms with van der Waals surface area (Å²) in [7, 11) is 2.13. The summed E-state index contributed by atoms with van der Waals surface area (Å²) in [5.74, 6) is -1.29. The lowest BCUT2D eigenvalue weighted by Crippen LogP contribution is -2.44. The summed E-state index contributed by atoms with van der Waals surface area (Å²) in [5.41, 5.74) is 3.42. The number of hydrogen-bond acceptors (Lipinski definition) is 6. The van der Waals surface area contributed by atoms with Crippen LogP contribution in [0.4, 0.5) is 11.4 Å². The summed E-state index contributed by atoms with van der Waals surface area (Å²) in [5, 5.41) is 20.8. The van der Waals surface area contributed by atoms with E-state index in [1.54, 1.807) is 36.4 Å². The van der Waals surface area contributed by atoms with E-state index in [0.29, 0.717) is 21.9 Å². The van der Waals surface area contributed by atoms with E-state index in [0.717, 1.165) is 43.1 Å². The molecule has 0 amide bonds. The van der Waals surface area contributed by atoms with Gasteiger partial charge in [-0.05, 0) is 66.7 Å². The highest BCUT2D eigenvalue weighted by molar-refractivity contribution is 6.03. The number of H-pyrrole nitrogens is 1. The molecule has 3 N–H and O–H groups in total. The lowest BCUT2D eigenvalue weighted by Gasteiger charge is -2.34. The molecule has 2 heterocycles. The van der Waals surface area contributed by atoms with Gasteiger partial charge in [0.05, 0.1) is 16.8 Å². The number of fused-ring (bicyclic) bond motifs is 1. The first-order chi connectivity index (χ1) is 17.4. The van der Waals surface area contributed by atoms with Crippen molar-refractivity contribution in [2.24, 2.45) is 4.99 Å². The molecule has 0 saturated carbocycles. The van der Waals surface area contributed by atoms with Gasteiger partial charge in [-0.15, -0.1) is 0 Å². The molecule has 8 nitrogen and oxygen atoms in total. The highest BCUT2D eigenvalue weighted by atomic mass is 16.4. The number of aromatic carboxylic acids is 1. The minimum Gasteiger partial charge on any atom is -0.494 e. The Kier molecular flexibility index (Phi) is 6.26. The number of aromatic nitrogens is 1. The molecule has 0 radical (unpaired) electrons. The molecule has 1 aromatic heterocycles. The van der Waals surface area contributed by atoms with Crippen LogP contribution in [-0.2, 0) is 0 Å². The monoisotopic (exact) mass is 482 g/mol. The molecule has 1 aliphatic heterocycles. The summed E-state index contributed by atoms with van der Waals surface area (Å²) < 4.78 is 0. The molecule has 8 heteroatoms. The number of rotatable bonds is 5. The fraction of sp³-hybridized carbons (Fsp3) is 0.179. The maximum Gasteiger partial charge on any atom is 0.335 e. The smallest absolute Gasteiger partial charge is 0.335 e. The minimum absolute atomic E-state index is 0.170. The molecular weight excluding hydrogens is 456 g/mol. The van der Waals surface area contributed by atoms with Gasteiger partial charge in [-0.25, -0.2) is 4.79 Å². The first-order valence-corrected chi connectivity index (χ1v) is 11.7. The number of carboxylic acids is 1. The maximum absolute atomic E-state index is 12.5. The second-order valence-electron chi connectivity index (χ2n) is 8.93. The number of aromatic amines is 1. The Hall–Kier alpha value is -4.43. The van der Waals surface area contributed by atoms with Crippen molar-refractivity contribution in [3.63, 3.8) is 0 Å². The molecule has 0 spiro atoms. The number of piperazine rings is 1. The number of anilines is 1. The third-order valence-corrected chi connectivity index (χ3v) is 6.55. The van der Waals surface area contributed by atoms with Crippen LogP contribution in [0.2, 0.25) is 0 Å². The van der Waals surface area contributed by atoms with E-state index in [4.69, 9.17) is 0 Å². The molecule has 1 saturated heterocycles.